The first-order valence-electron chi connectivity index (χ1n) is 6.19. The minimum absolute atomic E-state index is 0.262. The monoisotopic (exact) mass is 307 g/mol. The van der Waals surface area contributed by atoms with E-state index in [1.54, 1.807) is 36.8 Å². The van der Waals surface area contributed by atoms with Gasteiger partial charge in [0.2, 0.25) is 0 Å². The smallest absolute Gasteiger partial charge is 0.341 e. The lowest BCUT2D eigenvalue weighted by molar-refractivity contribution is 0.0694. The number of ether oxygens (including phenoxy) is 1. The Kier molecular flexibility index (Phi) is 4.33. The molecule has 6 heteroatoms. The second kappa shape index (κ2) is 6.01. The normalized spacial score (nSPS) is 10.4. The fourth-order valence-electron chi connectivity index (χ4n) is 2.06. The average Bonchev–Trinajstić information content (AvgIpc) is 2.41. The predicted molar refractivity (Wildman–Crippen MR) is 79.5 cm³/mol. The van der Waals surface area contributed by atoms with Crippen molar-refractivity contribution in [3.05, 3.63) is 62.5 Å². The lowest BCUT2D eigenvalue weighted by Crippen LogP contribution is -2.19. The number of rotatable bonds is 4. The topological polar surface area (TPSA) is 68.5 Å². The second-order valence-electron chi connectivity index (χ2n) is 4.58. The fraction of sp³-hybridized carbons (Fsp3) is 0.200. The lowest BCUT2D eigenvalue weighted by Gasteiger charge is -2.14. The number of benzene rings is 1. The van der Waals surface area contributed by atoms with E-state index in [1.807, 2.05) is 0 Å². The van der Waals surface area contributed by atoms with E-state index < -0.39 is 11.4 Å². The maximum atomic E-state index is 11.6. The molecular weight excluding hydrogens is 294 g/mol. The van der Waals surface area contributed by atoms with Gasteiger partial charge in [-0.2, -0.15) is 0 Å². The number of carboxylic acids is 1. The van der Waals surface area contributed by atoms with E-state index >= 15 is 0 Å². The van der Waals surface area contributed by atoms with Crippen molar-refractivity contribution < 1.29 is 14.6 Å². The molecule has 1 aromatic carbocycles. The third-order valence-corrected chi connectivity index (χ3v) is 3.39. The van der Waals surface area contributed by atoms with Crippen LogP contribution in [0.5, 0.6) is 5.75 Å². The van der Waals surface area contributed by atoms with Gasteiger partial charge in [-0.15, -0.1) is 0 Å². The SMILES string of the molecule is COc1ccc(Cl)cc1Cn1cc(C(=O)O)c(=O)cc1C. The number of hydrogen-bond donors (Lipinski definition) is 1. The van der Waals surface area contributed by atoms with E-state index in [0.29, 0.717) is 23.0 Å². The highest BCUT2D eigenvalue weighted by Crippen LogP contribution is 2.23. The van der Waals surface area contributed by atoms with E-state index in [9.17, 15) is 9.59 Å². The first-order chi connectivity index (χ1) is 9.92. The zero-order valence-electron chi connectivity index (χ0n) is 11.6. The van der Waals surface area contributed by atoms with Gasteiger partial charge in [-0.3, -0.25) is 4.79 Å². The average molecular weight is 308 g/mol. The summed E-state index contributed by atoms with van der Waals surface area (Å²) in [7, 11) is 1.55. The van der Waals surface area contributed by atoms with Crippen LogP contribution in [-0.2, 0) is 6.54 Å². The predicted octanol–water partition coefficient (Wildman–Crippen LogP) is 2.57. The van der Waals surface area contributed by atoms with Gasteiger partial charge in [0.25, 0.3) is 0 Å². The van der Waals surface area contributed by atoms with Gasteiger partial charge in [0.15, 0.2) is 5.43 Å². The number of methoxy groups -OCH3 is 1. The number of carbonyl (C=O) groups is 1. The highest BCUT2D eigenvalue weighted by Gasteiger charge is 2.12. The molecule has 110 valence electrons. The summed E-state index contributed by atoms with van der Waals surface area (Å²) in [6, 6.07) is 6.51. The van der Waals surface area contributed by atoms with Gasteiger partial charge in [-0.1, -0.05) is 11.6 Å². The lowest BCUT2D eigenvalue weighted by atomic mass is 10.1. The Morgan fingerprint density at radius 2 is 2.10 bits per heavy atom. The zero-order chi connectivity index (χ0) is 15.6. The van der Waals surface area contributed by atoms with E-state index in [1.165, 1.54) is 12.3 Å². The Bertz CT molecular complexity index is 752. The third kappa shape index (κ3) is 3.25. The number of aromatic carboxylic acids is 1. The summed E-state index contributed by atoms with van der Waals surface area (Å²) in [4.78, 5) is 22.7. The van der Waals surface area contributed by atoms with E-state index in [2.05, 4.69) is 0 Å². The van der Waals surface area contributed by atoms with E-state index in [-0.39, 0.29) is 5.56 Å². The summed E-state index contributed by atoms with van der Waals surface area (Å²) in [5.74, 6) is -0.596. The molecule has 0 aliphatic rings. The molecule has 0 saturated heterocycles. The first-order valence-corrected chi connectivity index (χ1v) is 6.57. The molecule has 1 aromatic heterocycles. The molecule has 0 aliphatic heterocycles. The van der Waals surface area contributed by atoms with Gasteiger partial charge in [0.1, 0.15) is 11.3 Å². The van der Waals surface area contributed by atoms with Gasteiger partial charge in [-0.25, -0.2) is 4.79 Å². The summed E-state index contributed by atoms with van der Waals surface area (Å²) < 4.78 is 6.94. The Morgan fingerprint density at radius 3 is 2.71 bits per heavy atom. The fourth-order valence-corrected chi connectivity index (χ4v) is 2.25. The van der Waals surface area contributed by atoms with Crippen LogP contribution in [0, 0.1) is 6.92 Å². The molecule has 2 rings (SSSR count). The van der Waals surface area contributed by atoms with Gasteiger partial charge < -0.3 is 14.4 Å². The summed E-state index contributed by atoms with van der Waals surface area (Å²) in [5.41, 5.74) is 0.691. The van der Waals surface area contributed by atoms with Crippen LogP contribution in [0.25, 0.3) is 0 Å². The minimum atomic E-state index is -1.24. The van der Waals surface area contributed by atoms with Crippen molar-refractivity contribution in [2.45, 2.75) is 13.5 Å². The number of carboxylic acid groups (broad SMARTS) is 1. The van der Waals surface area contributed by atoms with Gasteiger partial charge in [0.05, 0.1) is 13.7 Å². The van der Waals surface area contributed by atoms with Crippen LogP contribution in [-0.4, -0.2) is 22.8 Å². The molecule has 0 radical (unpaired) electrons. The molecule has 1 heterocycles. The Balaban J connectivity index is 2.49. The molecule has 0 amide bonds. The van der Waals surface area contributed by atoms with Crippen LogP contribution >= 0.6 is 11.6 Å². The van der Waals surface area contributed by atoms with Crippen LogP contribution in [0.1, 0.15) is 21.6 Å². The van der Waals surface area contributed by atoms with Crippen molar-refractivity contribution in [1.29, 1.82) is 0 Å². The van der Waals surface area contributed by atoms with Crippen molar-refractivity contribution in [3.63, 3.8) is 0 Å². The van der Waals surface area contributed by atoms with E-state index in [0.717, 1.165) is 5.56 Å². The van der Waals surface area contributed by atoms with Crippen LogP contribution in [0.4, 0.5) is 0 Å². The van der Waals surface area contributed by atoms with Crippen LogP contribution in [0.3, 0.4) is 0 Å². The number of halogens is 1. The van der Waals surface area contributed by atoms with Crippen molar-refractivity contribution in [3.8, 4) is 5.75 Å². The molecule has 0 bridgehead atoms. The highest BCUT2D eigenvalue weighted by atomic mass is 35.5. The first kappa shape index (κ1) is 15.1. The number of pyridine rings is 1. The number of nitrogens with zero attached hydrogens (tertiary/aromatic N) is 1. The zero-order valence-corrected chi connectivity index (χ0v) is 12.3. The third-order valence-electron chi connectivity index (χ3n) is 3.16. The molecule has 0 saturated carbocycles. The number of aryl methyl sites for hydroxylation is 1. The van der Waals surface area contributed by atoms with Crippen molar-refractivity contribution in [2.75, 3.05) is 7.11 Å². The quantitative estimate of drug-likeness (QED) is 0.942. The Morgan fingerprint density at radius 1 is 1.38 bits per heavy atom. The Hall–Kier alpha value is -2.27. The van der Waals surface area contributed by atoms with Crippen molar-refractivity contribution in [1.82, 2.24) is 4.57 Å². The van der Waals surface area contributed by atoms with Gasteiger partial charge in [0, 0.05) is 28.5 Å². The molecule has 0 atom stereocenters. The van der Waals surface area contributed by atoms with Crippen molar-refractivity contribution in [2.24, 2.45) is 0 Å². The second-order valence-corrected chi connectivity index (χ2v) is 5.02. The molecule has 0 unspecified atom stereocenters. The summed E-state index contributed by atoms with van der Waals surface area (Å²) in [5, 5.41) is 9.59. The molecule has 2 aromatic rings. The molecule has 0 spiro atoms. The van der Waals surface area contributed by atoms with Crippen LogP contribution in [0.15, 0.2) is 35.3 Å². The van der Waals surface area contributed by atoms with Crippen LogP contribution < -0.4 is 10.2 Å². The molecular formula is C15H14ClNO4. The molecule has 0 aliphatic carbocycles. The minimum Gasteiger partial charge on any atom is -0.496 e. The maximum Gasteiger partial charge on any atom is 0.341 e. The van der Waals surface area contributed by atoms with Gasteiger partial charge in [-0.05, 0) is 25.1 Å². The summed E-state index contributed by atoms with van der Waals surface area (Å²) in [6.07, 6.45) is 1.33. The van der Waals surface area contributed by atoms with E-state index in [4.69, 9.17) is 21.4 Å². The Labute approximate surface area is 126 Å². The van der Waals surface area contributed by atoms with Crippen LogP contribution in [0.2, 0.25) is 5.02 Å². The molecule has 0 fully saturated rings. The number of hydrogen-bond acceptors (Lipinski definition) is 3. The standard InChI is InChI=1S/C15H14ClNO4/c1-9-5-13(18)12(15(19)20)8-17(9)7-10-6-11(16)3-4-14(10)21-2/h3-6,8H,7H2,1-2H3,(H,19,20). The summed E-state index contributed by atoms with van der Waals surface area (Å²) in [6.45, 7) is 2.10. The highest BCUT2D eigenvalue weighted by molar-refractivity contribution is 6.30. The molecule has 21 heavy (non-hydrogen) atoms. The number of aromatic nitrogens is 1. The van der Waals surface area contributed by atoms with Gasteiger partial charge >= 0.3 is 5.97 Å². The molecule has 1 N–H and O–H groups in total. The maximum absolute atomic E-state index is 11.6. The largest absolute Gasteiger partial charge is 0.496 e. The molecule has 5 nitrogen and oxygen atoms in total. The van der Waals surface area contributed by atoms with Crippen molar-refractivity contribution >= 4 is 17.6 Å². The summed E-state index contributed by atoms with van der Waals surface area (Å²) >= 11 is 5.98.